The Morgan fingerprint density at radius 3 is 2.36 bits per heavy atom. The average Bonchev–Trinajstić information content (AvgIpc) is 3.29. The van der Waals surface area contributed by atoms with E-state index in [1.165, 1.54) is 24.3 Å². The van der Waals surface area contributed by atoms with Gasteiger partial charge in [0, 0.05) is 5.92 Å². The van der Waals surface area contributed by atoms with Gasteiger partial charge in [-0.05, 0) is 18.4 Å². The van der Waals surface area contributed by atoms with Crippen LogP contribution in [0.25, 0.3) is 0 Å². The van der Waals surface area contributed by atoms with E-state index in [9.17, 15) is 18.0 Å². The highest BCUT2D eigenvalue weighted by Crippen LogP contribution is 2.38. The summed E-state index contributed by atoms with van der Waals surface area (Å²) in [6.45, 7) is 3.79. The lowest BCUT2D eigenvalue weighted by atomic mass is 9.96. The number of hydrogen-bond acceptors (Lipinski definition) is 4. The Morgan fingerprint density at radius 2 is 1.82 bits per heavy atom. The van der Waals surface area contributed by atoms with Crippen molar-refractivity contribution in [2.45, 2.75) is 63.2 Å². The smallest absolute Gasteiger partial charge is 0.339 e. The van der Waals surface area contributed by atoms with Crippen molar-refractivity contribution < 1.29 is 22.5 Å². The maximum atomic E-state index is 13.5. The molecule has 1 heterocycles. The van der Waals surface area contributed by atoms with Crippen LogP contribution in [0.5, 0.6) is 0 Å². The minimum atomic E-state index is -4.63. The highest BCUT2D eigenvalue weighted by molar-refractivity contribution is 5.75. The molecule has 6 nitrogen and oxygen atoms in total. The van der Waals surface area contributed by atoms with Gasteiger partial charge in [0.1, 0.15) is 5.54 Å². The normalized spacial score (nSPS) is 17.5. The van der Waals surface area contributed by atoms with E-state index in [0.717, 1.165) is 12.8 Å². The van der Waals surface area contributed by atoms with E-state index in [-0.39, 0.29) is 11.5 Å². The van der Waals surface area contributed by atoms with E-state index in [2.05, 4.69) is 20.8 Å². The first-order chi connectivity index (χ1) is 13.2. The minimum Gasteiger partial charge on any atom is -0.339 e. The number of alkyl halides is 3. The third-order valence-electron chi connectivity index (χ3n) is 4.91. The molecule has 9 heteroatoms. The second kappa shape index (κ2) is 7.81. The highest BCUT2D eigenvalue weighted by Gasteiger charge is 2.45. The molecule has 3 rings (SSSR count). The fourth-order valence-corrected chi connectivity index (χ4v) is 3.43. The number of halogens is 3. The molecule has 1 aliphatic rings. The van der Waals surface area contributed by atoms with E-state index < -0.39 is 23.8 Å². The lowest BCUT2D eigenvalue weighted by molar-refractivity contribution is -0.155. The predicted molar refractivity (Wildman–Crippen MR) is 95.4 cm³/mol. The van der Waals surface area contributed by atoms with Crippen molar-refractivity contribution >= 4 is 6.03 Å². The number of nitrogens with zero attached hydrogens (tertiary/aromatic N) is 2. The van der Waals surface area contributed by atoms with Gasteiger partial charge in [-0.25, -0.2) is 4.79 Å². The summed E-state index contributed by atoms with van der Waals surface area (Å²) in [7, 11) is 0. The van der Waals surface area contributed by atoms with E-state index in [1.54, 1.807) is 6.07 Å². The third kappa shape index (κ3) is 4.28. The number of aromatic nitrogens is 2. The van der Waals surface area contributed by atoms with Crippen LogP contribution >= 0.6 is 0 Å². The number of amides is 2. The van der Waals surface area contributed by atoms with Gasteiger partial charge in [0.25, 0.3) is 0 Å². The molecule has 0 spiro atoms. The lowest BCUT2D eigenvalue weighted by Gasteiger charge is -2.29. The molecule has 2 amide bonds. The average molecular weight is 396 g/mol. The maximum Gasteiger partial charge on any atom is 0.412 e. The Morgan fingerprint density at radius 1 is 1.18 bits per heavy atom. The van der Waals surface area contributed by atoms with E-state index >= 15 is 0 Å². The topological polar surface area (TPSA) is 80.0 Å². The molecule has 1 fully saturated rings. The second-order valence-corrected chi connectivity index (χ2v) is 7.38. The summed E-state index contributed by atoms with van der Waals surface area (Å²) < 4.78 is 45.8. The molecule has 1 aromatic heterocycles. The van der Waals surface area contributed by atoms with Crippen molar-refractivity contribution in [1.82, 2.24) is 20.8 Å². The van der Waals surface area contributed by atoms with Crippen molar-refractivity contribution in [1.29, 1.82) is 0 Å². The molecule has 0 bridgehead atoms. The monoisotopic (exact) mass is 396 g/mol. The van der Waals surface area contributed by atoms with Crippen molar-refractivity contribution in [3.05, 3.63) is 47.6 Å². The number of nitrogens with one attached hydrogen (secondary N) is 2. The number of urea groups is 1. The molecule has 152 valence electrons. The number of benzene rings is 1. The Kier molecular flexibility index (Phi) is 5.62. The summed E-state index contributed by atoms with van der Waals surface area (Å²) in [5.41, 5.74) is -0.958. The van der Waals surface area contributed by atoms with E-state index in [0.29, 0.717) is 24.6 Å². The van der Waals surface area contributed by atoms with Crippen LogP contribution in [0.4, 0.5) is 18.0 Å². The molecule has 28 heavy (non-hydrogen) atoms. The van der Waals surface area contributed by atoms with Crippen molar-refractivity contribution in [2.75, 3.05) is 0 Å². The van der Waals surface area contributed by atoms with Gasteiger partial charge in [0.2, 0.25) is 5.89 Å². The Balaban J connectivity index is 1.80. The summed E-state index contributed by atoms with van der Waals surface area (Å²) in [5.74, 6) is 0.759. The van der Waals surface area contributed by atoms with Gasteiger partial charge >= 0.3 is 12.2 Å². The van der Waals surface area contributed by atoms with Gasteiger partial charge in [0.05, 0.1) is 0 Å². The van der Waals surface area contributed by atoms with Gasteiger partial charge in [-0.2, -0.15) is 18.2 Å². The van der Waals surface area contributed by atoms with Crippen LogP contribution in [0.1, 0.15) is 68.8 Å². The largest absolute Gasteiger partial charge is 0.412 e. The van der Waals surface area contributed by atoms with Crippen LogP contribution < -0.4 is 10.6 Å². The minimum absolute atomic E-state index is 0.0150. The molecule has 0 saturated heterocycles. The summed E-state index contributed by atoms with van der Waals surface area (Å²) in [4.78, 5) is 16.9. The van der Waals surface area contributed by atoms with Crippen LogP contribution in [0.3, 0.4) is 0 Å². The number of hydrogen-bond donors (Lipinski definition) is 2. The Labute approximate surface area is 160 Å². The first kappa shape index (κ1) is 20.2. The highest BCUT2D eigenvalue weighted by atomic mass is 19.4. The molecular weight excluding hydrogens is 373 g/mol. The van der Waals surface area contributed by atoms with Gasteiger partial charge in [0.15, 0.2) is 11.9 Å². The fraction of sp³-hybridized carbons (Fsp3) is 0.526. The summed E-state index contributed by atoms with van der Waals surface area (Å²) >= 11 is 0. The number of rotatable bonds is 5. The fourth-order valence-electron chi connectivity index (χ4n) is 3.43. The van der Waals surface area contributed by atoms with Crippen molar-refractivity contribution in [3.63, 3.8) is 0 Å². The first-order valence-electron chi connectivity index (χ1n) is 9.26. The second-order valence-electron chi connectivity index (χ2n) is 7.38. The van der Waals surface area contributed by atoms with Crippen molar-refractivity contribution in [3.8, 4) is 0 Å². The molecule has 2 aromatic rings. The van der Waals surface area contributed by atoms with E-state index in [1.807, 2.05) is 13.8 Å². The molecule has 1 atom stereocenters. The molecule has 1 aliphatic carbocycles. The Hall–Kier alpha value is -2.58. The summed E-state index contributed by atoms with van der Waals surface area (Å²) in [5, 5.41) is 8.74. The quantitative estimate of drug-likeness (QED) is 0.776. The molecular formula is C19H23F3N4O2. The van der Waals surface area contributed by atoms with Crippen LogP contribution in [0, 0.1) is 0 Å². The number of carbonyl (C=O) groups excluding carboxylic acids is 1. The van der Waals surface area contributed by atoms with Crippen LogP contribution in [0.2, 0.25) is 0 Å². The maximum absolute atomic E-state index is 13.5. The van der Waals surface area contributed by atoms with Gasteiger partial charge < -0.3 is 15.2 Å². The van der Waals surface area contributed by atoms with Gasteiger partial charge in [-0.1, -0.05) is 62.2 Å². The summed E-state index contributed by atoms with van der Waals surface area (Å²) in [6.07, 6.45) is -1.92. The molecule has 1 saturated carbocycles. The standard InChI is InChI=1S/C19H23F3N4O2/c1-12(2)15-24-16(26-28-15)18(10-6-7-11-18)25-17(27)23-14(19(20,21)22)13-8-4-3-5-9-13/h3-5,8-9,12,14H,6-7,10-11H2,1-2H3,(H2,23,25,27). The molecule has 0 aliphatic heterocycles. The van der Waals surface area contributed by atoms with Crippen LogP contribution in [0.15, 0.2) is 34.9 Å². The molecule has 1 aromatic carbocycles. The third-order valence-corrected chi connectivity index (χ3v) is 4.91. The molecule has 1 unspecified atom stereocenters. The van der Waals surface area contributed by atoms with Crippen molar-refractivity contribution in [2.24, 2.45) is 0 Å². The SMILES string of the molecule is CC(C)c1nc(C2(NC(=O)NC(c3ccccc3)C(F)(F)F)CCCC2)no1. The van der Waals surface area contributed by atoms with Gasteiger partial charge in [-0.15, -0.1) is 0 Å². The molecule has 0 radical (unpaired) electrons. The van der Waals surface area contributed by atoms with Crippen LogP contribution in [-0.2, 0) is 5.54 Å². The zero-order valence-corrected chi connectivity index (χ0v) is 15.7. The Bertz CT molecular complexity index is 799. The number of carbonyl (C=O) groups is 1. The van der Waals surface area contributed by atoms with Gasteiger partial charge in [-0.3, -0.25) is 0 Å². The van der Waals surface area contributed by atoms with Crippen LogP contribution in [-0.4, -0.2) is 22.3 Å². The zero-order chi connectivity index (χ0) is 20.4. The predicted octanol–water partition coefficient (Wildman–Crippen LogP) is 4.57. The first-order valence-corrected chi connectivity index (χ1v) is 9.26. The molecule has 2 N–H and O–H groups in total. The zero-order valence-electron chi connectivity index (χ0n) is 15.7. The van der Waals surface area contributed by atoms with E-state index in [4.69, 9.17) is 4.52 Å². The summed E-state index contributed by atoms with van der Waals surface area (Å²) in [6, 6.07) is 4.26. The lowest BCUT2D eigenvalue weighted by Crippen LogP contribution is -2.51.